The highest BCUT2D eigenvalue weighted by atomic mass is 16.6. The Morgan fingerprint density at radius 1 is 1.22 bits per heavy atom. The number of unbranched alkanes of at least 4 members (excludes halogenated alkanes) is 1. The average Bonchev–Trinajstić information content (AvgIpc) is 2.27. The number of esters is 1. The van der Waals surface area contributed by atoms with Crippen molar-refractivity contribution < 1.29 is 14.3 Å². The maximum absolute atomic E-state index is 12.0. The molecular weight excluding hydrogens is 228 g/mol. The van der Waals surface area contributed by atoms with Crippen molar-refractivity contribution in [1.29, 1.82) is 0 Å². The summed E-state index contributed by atoms with van der Waals surface area (Å²) in [4.78, 5) is 12.0. The summed E-state index contributed by atoms with van der Waals surface area (Å²) in [5.41, 5.74) is -0.00307. The molecule has 0 aliphatic heterocycles. The van der Waals surface area contributed by atoms with Crippen LogP contribution in [-0.4, -0.2) is 18.2 Å². The summed E-state index contributed by atoms with van der Waals surface area (Å²) in [6, 6.07) is 7.20. The summed E-state index contributed by atoms with van der Waals surface area (Å²) in [5.74, 6) is 0.259. The Morgan fingerprint density at radius 3 is 2.50 bits per heavy atom. The fraction of sp³-hybridized carbons (Fsp3) is 0.533. The second-order valence-electron chi connectivity index (χ2n) is 5.20. The Balaban J connectivity index is 2.78. The van der Waals surface area contributed by atoms with Crippen LogP contribution in [-0.2, 0) is 4.74 Å². The smallest absolute Gasteiger partial charge is 0.342 e. The molecule has 0 spiro atoms. The molecule has 100 valence electrons. The summed E-state index contributed by atoms with van der Waals surface area (Å²) < 4.78 is 11.0. The fourth-order valence-electron chi connectivity index (χ4n) is 1.42. The van der Waals surface area contributed by atoms with Crippen LogP contribution in [0.4, 0.5) is 0 Å². The molecular formula is C15H22O3. The van der Waals surface area contributed by atoms with E-state index < -0.39 is 5.60 Å². The highest BCUT2D eigenvalue weighted by Crippen LogP contribution is 2.21. The molecule has 1 rings (SSSR count). The zero-order chi connectivity index (χ0) is 13.6. The molecule has 0 heterocycles. The molecule has 0 atom stereocenters. The molecule has 3 heteroatoms. The van der Waals surface area contributed by atoms with Crippen molar-refractivity contribution in [2.24, 2.45) is 0 Å². The number of carbonyl (C=O) groups excluding carboxylic acids is 1. The van der Waals surface area contributed by atoms with E-state index in [4.69, 9.17) is 9.47 Å². The third kappa shape index (κ3) is 4.78. The van der Waals surface area contributed by atoms with Crippen LogP contribution in [0, 0.1) is 0 Å². The molecule has 18 heavy (non-hydrogen) atoms. The lowest BCUT2D eigenvalue weighted by atomic mass is 10.1. The lowest BCUT2D eigenvalue weighted by Crippen LogP contribution is -2.24. The molecule has 0 saturated heterocycles. The predicted molar refractivity (Wildman–Crippen MR) is 72.0 cm³/mol. The maximum Gasteiger partial charge on any atom is 0.342 e. The van der Waals surface area contributed by atoms with Crippen LogP contribution in [0.25, 0.3) is 0 Å². The minimum atomic E-state index is -0.492. The van der Waals surface area contributed by atoms with Gasteiger partial charge in [0, 0.05) is 0 Å². The Hall–Kier alpha value is -1.51. The van der Waals surface area contributed by atoms with Crippen molar-refractivity contribution in [3.8, 4) is 5.75 Å². The molecule has 0 unspecified atom stereocenters. The van der Waals surface area contributed by atoms with Crippen LogP contribution in [0.2, 0.25) is 0 Å². The third-order valence-corrected chi connectivity index (χ3v) is 2.26. The van der Waals surface area contributed by atoms with E-state index in [9.17, 15) is 4.79 Å². The van der Waals surface area contributed by atoms with Gasteiger partial charge in [0.2, 0.25) is 0 Å². The molecule has 0 bridgehead atoms. The van der Waals surface area contributed by atoms with Crippen LogP contribution in [0.5, 0.6) is 5.75 Å². The van der Waals surface area contributed by atoms with E-state index in [1.165, 1.54) is 0 Å². The molecule has 0 radical (unpaired) electrons. The monoisotopic (exact) mass is 250 g/mol. The SMILES string of the molecule is CCCCOc1ccccc1C(=O)OC(C)(C)C. The highest BCUT2D eigenvalue weighted by molar-refractivity contribution is 5.92. The lowest BCUT2D eigenvalue weighted by molar-refractivity contribution is 0.00658. The van der Waals surface area contributed by atoms with Crippen molar-refractivity contribution >= 4 is 5.97 Å². The van der Waals surface area contributed by atoms with Gasteiger partial charge in [-0.25, -0.2) is 4.79 Å². The highest BCUT2D eigenvalue weighted by Gasteiger charge is 2.20. The first-order chi connectivity index (χ1) is 8.44. The minimum absolute atomic E-state index is 0.338. The van der Waals surface area contributed by atoms with Gasteiger partial charge in [-0.15, -0.1) is 0 Å². The molecule has 1 aromatic rings. The minimum Gasteiger partial charge on any atom is -0.493 e. The third-order valence-electron chi connectivity index (χ3n) is 2.26. The number of hydrogen-bond acceptors (Lipinski definition) is 3. The van der Waals surface area contributed by atoms with Crippen LogP contribution < -0.4 is 4.74 Å². The van der Waals surface area contributed by atoms with Gasteiger partial charge in [-0.05, 0) is 39.3 Å². The van der Waals surface area contributed by atoms with Gasteiger partial charge in [0.05, 0.1) is 6.61 Å². The van der Waals surface area contributed by atoms with E-state index in [0.717, 1.165) is 12.8 Å². The molecule has 0 saturated carbocycles. The van der Waals surface area contributed by atoms with Gasteiger partial charge in [-0.2, -0.15) is 0 Å². The quantitative estimate of drug-likeness (QED) is 0.588. The van der Waals surface area contributed by atoms with Crippen LogP contribution in [0.1, 0.15) is 50.9 Å². The van der Waals surface area contributed by atoms with Gasteiger partial charge >= 0.3 is 5.97 Å². The van der Waals surface area contributed by atoms with Gasteiger partial charge in [0.25, 0.3) is 0 Å². The van der Waals surface area contributed by atoms with Gasteiger partial charge in [-0.1, -0.05) is 25.5 Å². The normalized spacial score (nSPS) is 11.1. The molecule has 0 aliphatic rings. The Labute approximate surface area is 109 Å². The lowest BCUT2D eigenvalue weighted by Gasteiger charge is -2.20. The molecule has 0 aliphatic carbocycles. The molecule has 1 aromatic carbocycles. The zero-order valence-corrected chi connectivity index (χ0v) is 11.7. The van der Waals surface area contributed by atoms with E-state index in [2.05, 4.69) is 6.92 Å². The number of ether oxygens (including phenoxy) is 2. The van der Waals surface area contributed by atoms with Crippen molar-refractivity contribution in [3.63, 3.8) is 0 Å². The van der Waals surface area contributed by atoms with Gasteiger partial charge in [0.1, 0.15) is 16.9 Å². The van der Waals surface area contributed by atoms with Gasteiger partial charge in [-0.3, -0.25) is 0 Å². The van der Waals surface area contributed by atoms with Gasteiger partial charge < -0.3 is 9.47 Å². The van der Waals surface area contributed by atoms with Crippen LogP contribution in [0.3, 0.4) is 0 Å². The first-order valence-electron chi connectivity index (χ1n) is 6.39. The first kappa shape index (κ1) is 14.6. The summed E-state index contributed by atoms with van der Waals surface area (Å²) >= 11 is 0. The van der Waals surface area contributed by atoms with Crippen molar-refractivity contribution in [3.05, 3.63) is 29.8 Å². The number of hydrogen-bond donors (Lipinski definition) is 0. The summed E-state index contributed by atoms with van der Waals surface area (Å²) in [6.45, 7) is 8.28. The number of rotatable bonds is 5. The fourth-order valence-corrected chi connectivity index (χ4v) is 1.42. The van der Waals surface area contributed by atoms with Crippen molar-refractivity contribution in [2.75, 3.05) is 6.61 Å². The van der Waals surface area contributed by atoms with E-state index in [0.29, 0.717) is 17.9 Å². The van der Waals surface area contributed by atoms with Crippen molar-refractivity contribution in [1.82, 2.24) is 0 Å². The van der Waals surface area contributed by atoms with Crippen LogP contribution >= 0.6 is 0 Å². The number of carbonyl (C=O) groups is 1. The molecule has 0 fully saturated rings. The Morgan fingerprint density at radius 2 is 1.89 bits per heavy atom. The number of benzene rings is 1. The second-order valence-corrected chi connectivity index (χ2v) is 5.20. The van der Waals surface area contributed by atoms with E-state index in [-0.39, 0.29) is 5.97 Å². The largest absolute Gasteiger partial charge is 0.493 e. The maximum atomic E-state index is 12.0. The summed E-state index contributed by atoms with van der Waals surface area (Å²) in [7, 11) is 0. The molecule has 0 N–H and O–H groups in total. The number of para-hydroxylation sites is 1. The molecule has 0 amide bonds. The molecule has 3 nitrogen and oxygen atoms in total. The first-order valence-corrected chi connectivity index (χ1v) is 6.39. The summed E-state index contributed by atoms with van der Waals surface area (Å²) in [5, 5.41) is 0. The topological polar surface area (TPSA) is 35.5 Å². The van der Waals surface area contributed by atoms with E-state index in [1.807, 2.05) is 32.9 Å². The van der Waals surface area contributed by atoms with E-state index in [1.54, 1.807) is 12.1 Å². The zero-order valence-electron chi connectivity index (χ0n) is 11.7. The predicted octanol–water partition coefficient (Wildman–Crippen LogP) is 3.82. The van der Waals surface area contributed by atoms with Gasteiger partial charge in [0.15, 0.2) is 0 Å². The Bertz CT molecular complexity index is 391. The standard InChI is InChI=1S/C15H22O3/c1-5-6-11-17-13-10-8-7-9-12(13)14(16)18-15(2,3)4/h7-10H,5-6,11H2,1-4H3. The van der Waals surface area contributed by atoms with E-state index >= 15 is 0 Å². The molecule has 0 aromatic heterocycles. The second kappa shape index (κ2) is 6.43. The van der Waals surface area contributed by atoms with Crippen LogP contribution in [0.15, 0.2) is 24.3 Å². The average molecular weight is 250 g/mol. The van der Waals surface area contributed by atoms with Crippen molar-refractivity contribution in [2.45, 2.75) is 46.1 Å². The summed E-state index contributed by atoms with van der Waals surface area (Å²) in [6.07, 6.45) is 2.04. The Kier molecular flexibility index (Phi) is 5.20.